The third kappa shape index (κ3) is 12.9. The first-order valence-corrected chi connectivity index (χ1v) is 11.1. The molecule has 0 saturated carbocycles. The van der Waals surface area contributed by atoms with Gasteiger partial charge in [-0.3, -0.25) is 18.6 Å². The Hall–Kier alpha value is -1.52. The van der Waals surface area contributed by atoms with Crippen LogP contribution in [-0.4, -0.2) is 66.0 Å². The van der Waals surface area contributed by atoms with Crippen LogP contribution in [0.5, 0.6) is 0 Å². The molecule has 11 nitrogen and oxygen atoms in total. The third-order valence-electron chi connectivity index (χ3n) is 3.75. The van der Waals surface area contributed by atoms with Gasteiger partial charge >= 0.3 is 7.82 Å². The predicted octanol–water partition coefficient (Wildman–Crippen LogP) is 1.34. The summed E-state index contributed by atoms with van der Waals surface area (Å²) in [7, 11) is -3.21. The van der Waals surface area contributed by atoms with Gasteiger partial charge in [-0.15, -0.1) is 0 Å². The number of amides is 2. The number of aliphatic hydroxyl groups excluding tert-OH is 1. The third-order valence-corrected chi connectivity index (χ3v) is 4.67. The molecule has 0 aliphatic heterocycles. The van der Waals surface area contributed by atoms with Crippen LogP contribution in [0.4, 0.5) is 0 Å². The summed E-state index contributed by atoms with van der Waals surface area (Å²) in [6, 6.07) is 0. The molecule has 0 radical (unpaired) electrons. The van der Waals surface area contributed by atoms with Crippen LogP contribution < -0.4 is 10.6 Å². The average molecular weight is 453 g/mol. The van der Waals surface area contributed by atoms with E-state index in [2.05, 4.69) is 20.3 Å². The van der Waals surface area contributed by atoms with Crippen molar-refractivity contribution in [2.45, 2.75) is 66.1 Å². The topological polar surface area (TPSA) is 156 Å². The highest BCUT2D eigenvalue weighted by molar-refractivity contribution is 7.47. The van der Waals surface area contributed by atoms with Crippen molar-refractivity contribution in [2.24, 2.45) is 10.6 Å². The maximum atomic E-state index is 12.1. The maximum absolute atomic E-state index is 12.1. The summed E-state index contributed by atoms with van der Waals surface area (Å²) in [5, 5.41) is 19.3. The van der Waals surface area contributed by atoms with Crippen LogP contribution in [0.15, 0.2) is 5.16 Å². The summed E-state index contributed by atoms with van der Waals surface area (Å²) >= 11 is 0. The van der Waals surface area contributed by atoms with E-state index in [9.17, 15) is 24.2 Å². The van der Waals surface area contributed by atoms with Crippen LogP contribution in [0, 0.1) is 5.41 Å². The second kappa shape index (κ2) is 12.4. The van der Waals surface area contributed by atoms with E-state index >= 15 is 0 Å². The number of hydrogen-bond donors (Lipinski definition) is 4. The Morgan fingerprint density at radius 1 is 1.10 bits per heavy atom. The molecule has 12 heteroatoms. The van der Waals surface area contributed by atoms with Crippen molar-refractivity contribution in [3.8, 4) is 0 Å². The minimum absolute atomic E-state index is 0.0232. The average Bonchev–Trinajstić information content (AvgIpc) is 2.63. The van der Waals surface area contributed by atoms with Crippen LogP contribution >= 0.6 is 7.82 Å². The Labute approximate surface area is 178 Å². The molecule has 30 heavy (non-hydrogen) atoms. The molecule has 0 heterocycles. The zero-order valence-corrected chi connectivity index (χ0v) is 19.7. The molecule has 0 aromatic heterocycles. The van der Waals surface area contributed by atoms with Gasteiger partial charge in [0.1, 0.15) is 11.7 Å². The Morgan fingerprint density at radius 3 is 2.20 bits per heavy atom. The summed E-state index contributed by atoms with van der Waals surface area (Å²) in [4.78, 5) is 38.5. The quantitative estimate of drug-likeness (QED) is 0.185. The summed E-state index contributed by atoms with van der Waals surface area (Å²) < 4.78 is 20.4. The van der Waals surface area contributed by atoms with E-state index in [1.54, 1.807) is 6.92 Å². The number of rotatable bonds is 13. The number of oxime groups is 1. The van der Waals surface area contributed by atoms with E-state index in [1.165, 1.54) is 13.8 Å². The summed E-state index contributed by atoms with van der Waals surface area (Å²) in [6.07, 6.45) is -0.962. The van der Waals surface area contributed by atoms with Crippen molar-refractivity contribution >= 4 is 25.3 Å². The minimum Gasteiger partial charge on any atom is -0.390 e. The van der Waals surface area contributed by atoms with Gasteiger partial charge in [0.25, 0.3) is 0 Å². The van der Waals surface area contributed by atoms with E-state index in [0.717, 1.165) is 12.8 Å². The standard InChI is InChI=1S/C18H36N3O8P/c1-13(21-29-17(2,3)4)8-10-19-14(22)9-11-20-16(24)15(23)18(5,6)12-28-30(25,26)27-7/h15,23H,8-12H2,1-7H3,(H,19,22)(H,20,24)(H,25,26)/b21-13+. The molecule has 4 N–H and O–H groups in total. The Kier molecular flexibility index (Phi) is 11.7. The molecule has 0 spiro atoms. The van der Waals surface area contributed by atoms with E-state index in [4.69, 9.17) is 9.36 Å². The van der Waals surface area contributed by atoms with Crippen LogP contribution in [0.2, 0.25) is 0 Å². The van der Waals surface area contributed by atoms with Gasteiger partial charge in [0.15, 0.2) is 0 Å². The fourth-order valence-corrected chi connectivity index (χ4v) is 2.46. The summed E-state index contributed by atoms with van der Waals surface area (Å²) in [5.74, 6) is -0.984. The van der Waals surface area contributed by atoms with Crippen molar-refractivity contribution in [3.05, 3.63) is 0 Å². The zero-order valence-electron chi connectivity index (χ0n) is 18.9. The fraction of sp³-hybridized carbons (Fsp3) is 0.833. The van der Waals surface area contributed by atoms with Gasteiger partial charge in [0.05, 0.1) is 12.3 Å². The molecule has 2 atom stereocenters. The van der Waals surface area contributed by atoms with Gasteiger partial charge in [0.2, 0.25) is 11.8 Å². The molecule has 0 bridgehead atoms. The van der Waals surface area contributed by atoms with Crippen molar-refractivity contribution in [3.63, 3.8) is 0 Å². The van der Waals surface area contributed by atoms with Gasteiger partial charge in [-0.1, -0.05) is 19.0 Å². The Morgan fingerprint density at radius 2 is 1.67 bits per heavy atom. The molecule has 2 unspecified atom stereocenters. The summed E-state index contributed by atoms with van der Waals surface area (Å²) in [5.41, 5.74) is -0.794. The number of nitrogens with one attached hydrogen (secondary N) is 2. The largest absolute Gasteiger partial charge is 0.471 e. The van der Waals surface area contributed by atoms with Gasteiger partial charge in [-0.2, -0.15) is 0 Å². The van der Waals surface area contributed by atoms with Crippen LogP contribution in [-0.2, 0) is 28.0 Å². The SMILES string of the molecule is COP(=O)(O)OCC(C)(C)C(O)C(=O)NCCC(=O)NCC/C(C)=N/OC(C)(C)C. The molecule has 0 saturated heterocycles. The van der Waals surface area contributed by atoms with Crippen LogP contribution in [0.1, 0.15) is 54.4 Å². The number of carbonyl (C=O) groups excluding carboxylic acids is 2. The number of carbonyl (C=O) groups is 2. The highest BCUT2D eigenvalue weighted by atomic mass is 31.2. The first-order chi connectivity index (χ1) is 13.6. The van der Waals surface area contributed by atoms with Gasteiger partial charge < -0.3 is 25.5 Å². The number of phosphoric acid groups is 1. The molecular weight excluding hydrogens is 417 g/mol. The van der Waals surface area contributed by atoms with Crippen molar-refractivity contribution in [1.29, 1.82) is 0 Å². The second-order valence-electron chi connectivity index (χ2n) is 8.49. The molecule has 0 aliphatic rings. The van der Waals surface area contributed by atoms with E-state index in [-0.39, 0.29) is 31.1 Å². The number of phosphoric ester groups is 1. The van der Waals surface area contributed by atoms with E-state index in [0.29, 0.717) is 13.0 Å². The number of hydrogen-bond acceptors (Lipinski definition) is 8. The Balaban J connectivity index is 4.24. The first-order valence-electron chi connectivity index (χ1n) is 9.57. The smallest absolute Gasteiger partial charge is 0.390 e. The van der Waals surface area contributed by atoms with Crippen molar-refractivity contribution < 1.29 is 38.0 Å². The maximum Gasteiger partial charge on any atom is 0.471 e. The van der Waals surface area contributed by atoms with E-state index in [1.807, 2.05) is 20.8 Å². The minimum atomic E-state index is -4.22. The monoisotopic (exact) mass is 453 g/mol. The lowest BCUT2D eigenvalue weighted by molar-refractivity contribution is -0.137. The molecule has 0 rings (SSSR count). The van der Waals surface area contributed by atoms with Crippen LogP contribution in [0.3, 0.4) is 0 Å². The fourth-order valence-electron chi connectivity index (χ4n) is 1.86. The highest BCUT2D eigenvalue weighted by Gasteiger charge is 2.36. The molecule has 0 aromatic rings. The van der Waals surface area contributed by atoms with Gasteiger partial charge in [-0.05, 0) is 27.7 Å². The lowest BCUT2D eigenvalue weighted by atomic mass is 9.87. The predicted molar refractivity (Wildman–Crippen MR) is 112 cm³/mol. The summed E-state index contributed by atoms with van der Waals surface area (Å²) in [6.45, 7) is 10.5. The van der Waals surface area contributed by atoms with Crippen LogP contribution in [0.25, 0.3) is 0 Å². The van der Waals surface area contributed by atoms with Gasteiger partial charge in [0, 0.05) is 38.5 Å². The molecule has 176 valence electrons. The molecule has 0 aliphatic carbocycles. The molecule has 2 amide bonds. The number of aliphatic hydroxyl groups is 1. The van der Waals surface area contributed by atoms with Gasteiger partial charge in [-0.25, -0.2) is 4.57 Å². The normalized spacial score (nSPS) is 15.8. The van der Waals surface area contributed by atoms with E-state index < -0.39 is 25.2 Å². The zero-order chi connectivity index (χ0) is 23.6. The molecule has 0 fully saturated rings. The molecular formula is C18H36N3O8P. The lowest BCUT2D eigenvalue weighted by Crippen LogP contribution is -2.46. The molecule has 0 aromatic carbocycles. The second-order valence-corrected chi connectivity index (χ2v) is 10.0. The van der Waals surface area contributed by atoms with Crippen molar-refractivity contribution in [1.82, 2.24) is 10.6 Å². The van der Waals surface area contributed by atoms with Crippen molar-refractivity contribution in [2.75, 3.05) is 26.8 Å². The number of nitrogens with zero attached hydrogens (tertiary/aromatic N) is 1. The first kappa shape index (κ1) is 28.5. The lowest BCUT2D eigenvalue weighted by Gasteiger charge is -2.29. The Bertz CT molecular complexity index is 646. The highest BCUT2D eigenvalue weighted by Crippen LogP contribution is 2.43.